The van der Waals surface area contributed by atoms with Crippen molar-refractivity contribution in [3.8, 4) is 0 Å². The Bertz CT molecular complexity index is 544. The quantitative estimate of drug-likeness (QED) is 0.795. The first kappa shape index (κ1) is 13.5. The standard InChI is InChI=1S/C12H12BrClFN3/c1-2-10(14)12-7-18(17-16-12)6-8-5-9(13)3-4-11(8)15/h3-5,7,10H,2,6H2,1H3. The topological polar surface area (TPSA) is 30.7 Å². The van der Waals surface area contributed by atoms with Crippen molar-refractivity contribution in [3.05, 3.63) is 45.9 Å². The van der Waals surface area contributed by atoms with Crippen molar-refractivity contribution in [2.75, 3.05) is 0 Å². The number of hydrogen-bond donors (Lipinski definition) is 0. The van der Waals surface area contributed by atoms with Crippen LogP contribution < -0.4 is 0 Å². The molecule has 0 spiro atoms. The number of hydrogen-bond acceptors (Lipinski definition) is 2. The van der Waals surface area contributed by atoms with Crippen molar-refractivity contribution in [2.24, 2.45) is 0 Å². The fourth-order valence-electron chi connectivity index (χ4n) is 1.58. The first-order valence-electron chi connectivity index (χ1n) is 5.58. The van der Waals surface area contributed by atoms with Gasteiger partial charge in [0.15, 0.2) is 0 Å². The van der Waals surface area contributed by atoms with Crippen LogP contribution in [-0.2, 0) is 6.54 Å². The van der Waals surface area contributed by atoms with Gasteiger partial charge in [-0.3, -0.25) is 0 Å². The maximum absolute atomic E-state index is 13.6. The van der Waals surface area contributed by atoms with Crippen LogP contribution in [0.3, 0.4) is 0 Å². The van der Waals surface area contributed by atoms with Crippen molar-refractivity contribution in [3.63, 3.8) is 0 Å². The molecule has 0 aliphatic heterocycles. The van der Waals surface area contributed by atoms with Crippen molar-refractivity contribution >= 4 is 27.5 Å². The summed E-state index contributed by atoms with van der Waals surface area (Å²) in [6.45, 7) is 2.32. The van der Waals surface area contributed by atoms with Gasteiger partial charge in [-0.1, -0.05) is 28.1 Å². The van der Waals surface area contributed by atoms with Gasteiger partial charge in [0.05, 0.1) is 18.1 Å². The fourth-order valence-corrected chi connectivity index (χ4v) is 2.09. The highest BCUT2D eigenvalue weighted by molar-refractivity contribution is 9.10. The largest absolute Gasteiger partial charge is 0.248 e. The molecule has 2 aromatic rings. The first-order valence-corrected chi connectivity index (χ1v) is 6.81. The van der Waals surface area contributed by atoms with Gasteiger partial charge in [-0.15, -0.1) is 16.7 Å². The highest BCUT2D eigenvalue weighted by Gasteiger charge is 2.11. The number of alkyl halides is 1. The molecule has 2 rings (SSSR count). The third kappa shape index (κ3) is 3.09. The van der Waals surface area contributed by atoms with E-state index in [1.54, 1.807) is 23.0 Å². The van der Waals surface area contributed by atoms with Gasteiger partial charge in [-0.25, -0.2) is 9.07 Å². The molecular weight excluding hydrogens is 321 g/mol. The molecule has 0 saturated carbocycles. The van der Waals surface area contributed by atoms with E-state index in [4.69, 9.17) is 11.6 Å². The number of aromatic nitrogens is 3. The van der Waals surface area contributed by atoms with Crippen molar-refractivity contribution in [2.45, 2.75) is 25.3 Å². The Hall–Kier alpha value is -0.940. The van der Waals surface area contributed by atoms with Gasteiger partial charge in [0, 0.05) is 10.0 Å². The summed E-state index contributed by atoms with van der Waals surface area (Å²) in [7, 11) is 0. The maximum Gasteiger partial charge on any atom is 0.128 e. The first-order chi connectivity index (χ1) is 8.60. The minimum Gasteiger partial charge on any atom is -0.248 e. The molecule has 96 valence electrons. The molecule has 0 amide bonds. The Kier molecular flexibility index (Phi) is 4.35. The van der Waals surface area contributed by atoms with Crippen LogP contribution in [0.5, 0.6) is 0 Å². The molecule has 1 atom stereocenters. The SMILES string of the molecule is CCC(Cl)c1cn(Cc2cc(Br)ccc2F)nn1. The number of rotatable bonds is 4. The van der Waals surface area contributed by atoms with Crippen molar-refractivity contribution < 1.29 is 4.39 Å². The van der Waals surface area contributed by atoms with E-state index in [1.165, 1.54) is 6.07 Å². The Morgan fingerprint density at radius 1 is 1.50 bits per heavy atom. The van der Waals surface area contributed by atoms with Crippen LogP contribution in [0.25, 0.3) is 0 Å². The van der Waals surface area contributed by atoms with Gasteiger partial charge in [0.2, 0.25) is 0 Å². The third-order valence-corrected chi connectivity index (χ3v) is 3.60. The predicted molar refractivity (Wildman–Crippen MR) is 72.1 cm³/mol. The summed E-state index contributed by atoms with van der Waals surface area (Å²) in [5, 5.41) is 7.79. The lowest BCUT2D eigenvalue weighted by Gasteiger charge is -2.03. The highest BCUT2D eigenvalue weighted by Crippen LogP contribution is 2.21. The van der Waals surface area contributed by atoms with Gasteiger partial charge in [-0.05, 0) is 24.6 Å². The van der Waals surface area contributed by atoms with Crippen LogP contribution >= 0.6 is 27.5 Å². The molecule has 0 aliphatic carbocycles. The molecule has 0 radical (unpaired) electrons. The van der Waals surface area contributed by atoms with Crippen molar-refractivity contribution in [1.82, 2.24) is 15.0 Å². The average molecular weight is 333 g/mol. The second kappa shape index (κ2) is 5.80. The zero-order chi connectivity index (χ0) is 13.1. The molecule has 3 nitrogen and oxygen atoms in total. The maximum atomic E-state index is 13.6. The lowest BCUT2D eigenvalue weighted by Crippen LogP contribution is -2.02. The second-order valence-corrected chi connectivity index (χ2v) is 5.40. The van der Waals surface area contributed by atoms with Crippen LogP contribution in [-0.4, -0.2) is 15.0 Å². The van der Waals surface area contributed by atoms with Crippen LogP contribution in [0, 0.1) is 5.82 Å². The zero-order valence-electron chi connectivity index (χ0n) is 9.78. The third-order valence-electron chi connectivity index (χ3n) is 2.58. The van der Waals surface area contributed by atoms with Crippen LogP contribution in [0.4, 0.5) is 4.39 Å². The van der Waals surface area contributed by atoms with E-state index >= 15 is 0 Å². The molecular formula is C12H12BrClFN3. The van der Waals surface area contributed by atoms with E-state index in [9.17, 15) is 4.39 Å². The van der Waals surface area contributed by atoms with E-state index in [1.807, 2.05) is 6.92 Å². The summed E-state index contributed by atoms with van der Waals surface area (Å²) >= 11 is 9.38. The fraction of sp³-hybridized carbons (Fsp3) is 0.333. The molecule has 6 heteroatoms. The minimum absolute atomic E-state index is 0.147. The molecule has 1 heterocycles. The molecule has 0 N–H and O–H groups in total. The zero-order valence-corrected chi connectivity index (χ0v) is 12.1. The van der Waals surface area contributed by atoms with Gasteiger partial charge in [0.25, 0.3) is 0 Å². The van der Waals surface area contributed by atoms with Crippen LogP contribution in [0.15, 0.2) is 28.9 Å². The second-order valence-electron chi connectivity index (χ2n) is 3.95. The molecule has 0 aliphatic rings. The summed E-state index contributed by atoms with van der Waals surface area (Å²) in [5.74, 6) is -0.256. The van der Waals surface area contributed by atoms with Gasteiger partial charge in [0.1, 0.15) is 11.5 Å². The van der Waals surface area contributed by atoms with Crippen molar-refractivity contribution in [1.29, 1.82) is 0 Å². The van der Waals surface area contributed by atoms with Gasteiger partial charge < -0.3 is 0 Å². The summed E-state index contributed by atoms with van der Waals surface area (Å²) in [4.78, 5) is 0. The molecule has 18 heavy (non-hydrogen) atoms. The van der Waals surface area contributed by atoms with Gasteiger partial charge >= 0.3 is 0 Å². The normalized spacial score (nSPS) is 12.7. The van der Waals surface area contributed by atoms with E-state index in [-0.39, 0.29) is 11.2 Å². The smallest absolute Gasteiger partial charge is 0.128 e. The Morgan fingerprint density at radius 2 is 2.28 bits per heavy atom. The lowest BCUT2D eigenvalue weighted by molar-refractivity contribution is 0.576. The van der Waals surface area contributed by atoms with E-state index in [2.05, 4.69) is 26.2 Å². The summed E-state index contributed by atoms with van der Waals surface area (Å²) < 4.78 is 16.0. The van der Waals surface area contributed by atoms with E-state index in [0.717, 1.165) is 16.6 Å². The monoisotopic (exact) mass is 331 g/mol. The molecule has 1 aromatic heterocycles. The Morgan fingerprint density at radius 3 is 3.00 bits per heavy atom. The molecule has 0 saturated heterocycles. The van der Waals surface area contributed by atoms with Crippen LogP contribution in [0.2, 0.25) is 0 Å². The predicted octanol–water partition coefficient (Wildman–Crippen LogP) is 3.92. The summed E-state index contributed by atoms with van der Waals surface area (Å²) in [6, 6.07) is 4.82. The average Bonchev–Trinajstić information content (AvgIpc) is 2.81. The highest BCUT2D eigenvalue weighted by atomic mass is 79.9. The lowest BCUT2D eigenvalue weighted by atomic mass is 10.2. The summed E-state index contributed by atoms with van der Waals surface area (Å²) in [6.07, 6.45) is 2.53. The number of nitrogens with zero attached hydrogens (tertiary/aromatic N) is 3. The van der Waals surface area contributed by atoms with Crippen LogP contribution in [0.1, 0.15) is 30.0 Å². The minimum atomic E-state index is -0.256. The Labute approximate surface area is 118 Å². The summed E-state index contributed by atoms with van der Waals surface area (Å²) in [5.41, 5.74) is 1.28. The molecule has 1 aromatic carbocycles. The number of benzene rings is 1. The molecule has 1 unspecified atom stereocenters. The molecule has 0 bridgehead atoms. The Balaban J connectivity index is 2.18. The van der Waals surface area contributed by atoms with Gasteiger partial charge in [-0.2, -0.15) is 0 Å². The van der Waals surface area contributed by atoms with E-state index < -0.39 is 0 Å². The molecule has 0 fully saturated rings. The number of halogens is 3. The van der Waals surface area contributed by atoms with E-state index in [0.29, 0.717) is 12.1 Å².